The molecular weight excluding hydrogens is 334 g/mol. The highest BCUT2D eigenvalue weighted by Gasteiger charge is 2.30. The second-order valence-electron chi connectivity index (χ2n) is 6.89. The summed E-state index contributed by atoms with van der Waals surface area (Å²) in [6, 6.07) is 6.81. The lowest BCUT2D eigenvalue weighted by Crippen LogP contribution is -2.49. The Morgan fingerprint density at radius 1 is 1.28 bits per heavy atom. The Hall–Kier alpha value is -1.89. The fourth-order valence-corrected chi connectivity index (χ4v) is 4.56. The van der Waals surface area contributed by atoms with Crippen LogP contribution < -0.4 is 4.74 Å². The maximum atomic E-state index is 5.80. The average Bonchev–Trinajstić information content (AvgIpc) is 3.36. The minimum absolute atomic E-state index is 0.653. The van der Waals surface area contributed by atoms with E-state index in [0.717, 1.165) is 30.5 Å². The van der Waals surface area contributed by atoms with E-state index in [1.54, 1.807) is 6.20 Å². The number of hydrogen-bond acceptors (Lipinski definition) is 6. The van der Waals surface area contributed by atoms with E-state index in [-0.39, 0.29) is 0 Å². The summed E-state index contributed by atoms with van der Waals surface area (Å²) in [5, 5.41) is 3.74. The van der Waals surface area contributed by atoms with Gasteiger partial charge >= 0.3 is 0 Å². The van der Waals surface area contributed by atoms with Crippen molar-refractivity contribution in [2.24, 2.45) is 0 Å². The molecule has 2 aromatic heterocycles. The number of rotatable bonds is 4. The van der Waals surface area contributed by atoms with Crippen molar-refractivity contribution < 1.29 is 9.15 Å². The number of nitrogens with zero attached hydrogens (tertiary/aromatic N) is 3. The van der Waals surface area contributed by atoms with Gasteiger partial charge in [0.25, 0.3) is 5.19 Å². The molecule has 25 heavy (non-hydrogen) atoms. The van der Waals surface area contributed by atoms with E-state index in [0.29, 0.717) is 5.19 Å². The maximum Gasteiger partial charge on any atom is 0.278 e. The number of thiazole rings is 1. The van der Waals surface area contributed by atoms with Crippen LogP contribution in [0.3, 0.4) is 0 Å². The van der Waals surface area contributed by atoms with Crippen LogP contribution in [0.5, 0.6) is 10.9 Å². The highest BCUT2D eigenvalue weighted by Crippen LogP contribution is 2.30. The Balaban J connectivity index is 1.32. The molecule has 130 valence electrons. The van der Waals surface area contributed by atoms with Crippen molar-refractivity contribution in [3.8, 4) is 10.9 Å². The van der Waals surface area contributed by atoms with Gasteiger partial charge in [0.15, 0.2) is 0 Å². The molecule has 2 saturated heterocycles. The van der Waals surface area contributed by atoms with Crippen molar-refractivity contribution in [1.29, 1.82) is 0 Å². The molecule has 2 aliphatic heterocycles. The molecule has 6 heteroatoms. The summed E-state index contributed by atoms with van der Waals surface area (Å²) in [5.41, 5.74) is 2.14. The van der Waals surface area contributed by atoms with Crippen LogP contribution in [-0.4, -0.2) is 47.0 Å². The van der Waals surface area contributed by atoms with Gasteiger partial charge in [-0.3, -0.25) is 9.80 Å². The number of aromatic nitrogens is 1. The highest BCUT2D eigenvalue weighted by atomic mass is 32.1. The zero-order chi connectivity index (χ0) is 16.6. The Kier molecular flexibility index (Phi) is 3.96. The predicted octanol–water partition coefficient (Wildman–Crippen LogP) is 3.96. The molecule has 0 spiro atoms. The first-order valence-corrected chi connectivity index (χ1v) is 9.77. The van der Waals surface area contributed by atoms with E-state index < -0.39 is 0 Å². The molecule has 0 bridgehead atoms. The highest BCUT2D eigenvalue weighted by molar-refractivity contribution is 7.11. The van der Waals surface area contributed by atoms with Gasteiger partial charge in [0.2, 0.25) is 0 Å². The first kappa shape index (κ1) is 15.4. The van der Waals surface area contributed by atoms with Crippen LogP contribution in [-0.2, 0) is 6.54 Å². The lowest BCUT2D eigenvalue weighted by atomic mass is 10.1. The van der Waals surface area contributed by atoms with Crippen LogP contribution >= 0.6 is 11.3 Å². The van der Waals surface area contributed by atoms with Gasteiger partial charge in [-0.25, -0.2) is 4.98 Å². The summed E-state index contributed by atoms with van der Waals surface area (Å²) in [6.07, 6.45) is 6.35. The number of fused-ring (bicyclic) bond motifs is 2. The second-order valence-corrected chi connectivity index (χ2v) is 7.74. The van der Waals surface area contributed by atoms with Crippen molar-refractivity contribution in [2.75, 3.05) is 26.2 Å². The topological polar surface area (TPSA) is 41.7 Å². The minimum atomic E-state index is 0.653. The van der Waals surface area contributed by atoms with E-state index in [1.807, 2.05) is 23.8 Å². The van der Waals surface area contributed by atoms with Crippen molar-refractivity contribution in [1.82, 2.24) is 14.8 Å². The van der Waals surface area contributed by atoms with E-state index >= 15 is 0 Å². The lowest BCUT2D eigenvalue weighted by Gasteiger charge is -2.37. The van der Waals surface area contributed by atoms with Gasteiger partial charge in [0.05, 0.1) is 6.26 Å². The smallest absolute Gasteiger partial charge is 0.278 e. The molecule has 0 radical (unpaired) electrons. The Morgan fingerprint density at radius 2 is 2.28 bits per heavy atom. The van der Waals surface area contributed by atoms with E-state index in [9.17, 15) is 0 Å². The van der Waals surface area contributed by atoms with Gasteiger partial charge in [-0.2, -0.15) is 0 Å². The van der Waals surface area contributed by atoms with Gasteiger partial charge in [0.1, 0.15) is 11.3 Å². The Labute approximate surface area is 150 Å². The van der Waals surface area contributed by atoms with Gasteiger partial charge in [-0.1, -0.05) is 11.3 Å². The Bertz CT molecular complexity index is 861. The number of benzene rings is 1. The molecule has 2 aliphatic rings. The molecule has 0 amide bonds. The third kappa shape index (κ3) is 3.05. The molecular formula is C19H21N3O2S. The number of piperazine rings is 1. The van der Waals surface area contributed by atoms with Crippen molar-refractivity contribution in [2.45, 2.75) is 25.4 Å². The van der Waals surface area contributed by atoms with Gasteiger partial charge in [-0.05, 0) is 31.5 Å². The first-order chi connectivity index (χ1) is 12.3. The zero-order valence-electron chi connectivity index (χ0n) is 14.1. The Morgan fingerprint density at radius 3 is 3.20 bits per heavy atom. The predicted molar refractivity (Wildman–Crippen MR) is 98.3 cm³/mol. The largest absolute Gasteiger partial charge is 0.464 e. The summed E-state index contributed by atoms with van der Waals surface area (Å²) < 4.78 is 11.6. The molecule has 5 rings (SSSR count). The molecule has 5 nitrogen and oxygen atoms in total. The molecule has 3 aromatic rings. The van der Waals surface area contributed by atoms with Crippen molar-refractivity contribution in [3.63, 3.8) is 0 Å². The molecule has 2 fully saturated rings. The minimum Gasteiger partial charge on any atom is -0.464 e. The van der Waals surface area contributed by atoms with E-state index in [2.05, 4.69) is 20.9 Å². The van der Waals surface area contributed by atoms with Crippen molar-refractivity contribution >= 4 is 22.3 Å². The summed E-state index contributed by atoms with van der Waals surface area (Å²) in [7, 11) is 0. The van der Waals surface area contributed by atoms with Crippen LogP contribution in [0, 0.1) is 0 Å². The summed E-state index contributed by atoms with van der Waals surface area (Å²) in [6.45, 7) is 5.78. The van der Waals surface area contributed by atoms with E-state index in [1.165, 1.54) is 54.8 Å². The van der Waals surface area contributed by atoms with Crippen LogP contribution in [0.4, 0.5) is 0 Å². The van der Waals surface area contributed by atoms with Gasteiger partial charge < -0.3 is 9.15 Å². The maximum absolute atomic E-state index is 5.80. The third-order valence-electron chi connectivity index (χ3n) is 5.31. The number of furan rings is 1. The normalized spacial score (nSPS) is 21.7. The number of ether oxygens (including phenoxy) is 1. The lowest BCUT2D eigenvalue weighted by molar-refractivity contribution is 0.0995. The van der Waals surface area contributed by atoms with Crippen LogP contribution in [0.15, 0.2) is 40.5 Å². The molecule has 0 aliphatic carbocycles. The standard InChI is InChI=1S/C19H21N3O2S/c1-2-15-12-21(7-8-22(15)6-1)11-14-13-23-18-10-16(3-4-17(14)18)24-19-20-5-9-25-19/h3-5,9-10,13,15H,1-2,6-8,11-12H2. The average molecular weight is 355 g/mol. The quantitative estimate of drug-likeness (QED) is 0.708. The summed E-state index contributed by atoms with van der Waals surface area (Å²) in [5.74, 6) is 0.767. The van der Waals surface area contributed by atoms with Gasteiger partial charge in [-0.15, -0.1) is 0 Å². The monoisotopic (exact) mass is 355 g/mol. The molecule has 1 unspecified atom stereocenters. The molecule has 1 aromatic carbocycles. The third-order valence-corrected chi connectivity index (χ3v) is 5.96. The summed E-state index contributed by atoms with van der Waals surface area (Å²) in [4.78, 5) is 9.37. The van der Waals surface area contributed by atoms with Crippen molar-refractivity contribution in [3.05, 3.63) is 41.6 Å². The van der Waals surface area contributed by atoms with E-state index in [4.69, 9.17) is 9.15 Å². The number of hydrogen-bond donors (Lipinski definition) is 0. The van der Waals surface area contributed by atoms with Gasteiger partial charge in [0, 0.05) is 60.8 Å². The molecule has 1 atom stereocenters. The fraction of sp³-hybridized carbons (Fsp3) is 0.421. The fourth-order valence-electron chi connectivity index (χ4n) is 4.05. The summed E-state index contributed by atoms with van der Waals surface area (Å²) >= 11 is 1.48. The zero-order valence-corrected chi connectivity index (χ0v) is 14.9. The molecule has 4 heterocycles. The second kappa shape index (κ2) is 6.44. The van der Waals surface area contributed by atoms with Crippen LogP contribution in [0.1, 0.15) is 18.4 Å². The SMILES string of the molecule is c1csc(Oc2ccc3c(CN4CCN5CCCC5C4)coc3c2)n1. The van der Waals surface area contributed by atoms with Crippen LogP contribution in [0.25, 0.3) is 11.0 Å². The first-order valence-electron chi connectivity index (χ1n) is 8.89. The molecule has 0 saturated carbocycles. The van der Waals surface area contributed by atoms with Crippen LogP contribution in [0.2, 0.25) is 0 Å². The molecule has 0 N–H and O–H groups in total.